The summed E-state index contributed by atoms with van der Waals surface area (Å²) in [5, 5.41) is 0.549. The molecule has 0 aromatic heterocycles. The van der Waals surface area contributed by atoms with Crippen molar-refractivity contribution in [2.45, 2.75) is 65.7 Å². The van der Waals surface area contributed by atoms with Gasteiger partial charge in [-0.25, -0.2) is 4.79 Å². The quantitative estimate of drug-likeness (QED) is 0.160. The molecule has 2 unspecified atom stereocenters. The zero-order valence-electron chi connectivity index (χ0n) is 19.8. The van der Waals surface area contributed by atoms with Crippen LogP contribution in [0.2, 0.25) is 0 Å². The zero-order valence-corrected chi connectivity index (χ0v) is 20.6. The van der Waals surface area contributed by atoms with Gasteiger partial charge in [0.15, 0.2) is 5.37 Å². The van der Waals surface area contributed by atoms with E-state index in [2.05, 4.69) is 33.6 Å². The van der Waals surface area contributed by atoms with E-state index in [1.807, 2.05) is 5.32 Å². The predicted molar refractivity (Wildman–Crippen MR) is 125 cm³/mol. The number of nitrogens with two attached hydrogens (primary N) is 1. The molecule has 0 aliphatic carbocycles. The first-order chi connectivity index (χ1) is 14.6. The van der Waals surface area contributed by atoms with Crippen LogP contribution in [0, 0.1) is 11.8 Å². The Hall–Kier alpha value is -2.46. The number of rotatable bonds is 13. The Kier molecular flexibility index (Phi) is 15.2. The maximum Gasteiger partial charge on any atom is 0.333 e. The van der Waals surface area contributed by atoms with E-state index in [9.17, 15) is 22.8 Å². The lowest BCUT2D eigenvalue weighted by Gasteiger charge is -2.19. The van der Waals surface area contributed by atoms with Crippen molar-refractivity contribution in [3.63, 3.8) is 0 Å². The van der Waals surface area contributed by atoms with Crippen LogP contribution in [0.15, 0.2) is 36.5 Å². The van der Waals surface area contributed by atoms with Gasteiger partial charge in [-0.3, -0.25) is 14.1 Å². The molecule has 0 saturated carbocycles. The van der Waals surface area contributed by atoms with E-state index in [0.29, 0.717) is 18.1 Å². The first-order valence-electron chi connectivity index (χ1n) is 10.4. The number of amides is 2. The SMILES string of the molecule is C=C(C(=C)C(=O)NC(C(C)C)S(=O)(=O)O)C(N)=O.C=C(C)C(=O)OCC(CC)CCCC. The Morgan fingerprint density at radius 1 is 1.09 bits per heavy atom. The van der Waals surface area contributed by atoms with Crippen molar-refractivity contribution < 1.29 is 32.1 Å². The molecular weight excluding hydrogens is 436 g/mol. The highest BCUT2D eigenvalue weighted by Crippen LogP contribution is 2.13. The van der Waals surface area contributed by atoms with E-state index < -0.39 is 33.2 Å². The van der Waals surface area contributed by atoms with E-state index in [1.165, 1.54) is 26.7 Å². The fourth-order valence-corrected chi connectivity index (χ4v) is 3.25. The van der Waals surface area contributed by atoms with Gasteiger partial charge in [-0.2, -0.15) is 8.42 Å². The molecule has 10 heteroatoms. The highest BCUT2D eigenvalue weighted by atomic mass is 32.2. The molecule has 0 aliphatic rings. The van der Waals surface area contributed by atoms with Crippen molar-refractivity contribution in [3.8, 4) is 0 Å². The molecule has 2 atom stereocenters. The summed E-state index contributed by atoms with van der Waals surface area (Å²) >= 11 is 0. The molecule has 0 saturated heterocycles. The first kappa shape index (κ1) is 31.7. The van der Waals surface area contributed by atoms with Gasteiger partial charge in [0.25, 0.3) is 16.0 Å². The van der Waals surface area contributed by atoms with Crippen LogP contribution in [-0.4, -0.2) is 42.7 Å². The summed E-state index contributed by atoms with van der Waals surface area (Å²) in [4.78, 5) is 33.5. The van der Waals surface area contributed by atoms with Gasteiger partial charge in [0, 0.05) is 16.7 Å². The molecule has 0 fully saturated rings. The molecule has 0 aromatic carbocycles. The molecule has 0 heterocycles. The standard InChI is InChI=1S/C12H22O2.C10H16N2O5S/c1-5-7-8-11(6-2)9-14-12(13)10(3)4;1-5(2)10(18(15,16)17)12-9(14)7(4)6(3)8(11)13/h11H,3,5-9H2,1-2,4H3;5,10H,3-4H2,1-2H3,(H2,11,13)(H,12,14)(H,15,16,17). The van der Waals surface area contributed by atoms with E-state index >= 15 is 0 Å². The minimum absolute atomic E-state index is 0.264. The minimum atomic E-state index is -4.46. The average molecular weight is 475 g/mol. The van der Waals surface area contributed by atoms with Crippen LogP contribution in [0.25, 0.3) is 0 Å². The third-order valence-corrected chi connectivity index (χ3v) is 5.78. The molecule has 32 heavy (non-hydrogen) atoms. The fourth-order valence-electron chi connectivity index (χ4n) is 2.30. The second kappa shape index (κ2) is 15.4. The molecule has 0 rings (SSSR count). The number of unbranched alkanes of at least 4 members (excludes halogenated alkanes) is 1. The van der Waals surface area contributed by atoms with Gasteiger partial charge in [-0.1, -0.05) is 66.7 Å². The summed E-state index contributed by atoms with van der Waals surface area (Å²) in [5.41, 5.74) is 4.71. The number of carbonyl (C=O) groups is 3. The third kappa shape index (κ3) is 13.1. The summed E-state index contributed by atoms with van der Waals surface area (Å²) in [6.07, 6.45) is 4.63. The van der Waals surface area contributed by atoms with E-state index in [-0.39, 0.29) is 17.1 Å². The number of hydrogen-bond donors (Lipinski definition) is 3. The topological polar surface area (TPSA) is 153 Å². The van der Waals surface area contributed by atoms with Crippen LogP contribution in [0.4, 0.5) is 0 Å². The number of esters is 1. The summed E-state index contributed by atoms with van der Waals surface area (Å²) in [6, 6.07) is 0. The maximum absolute atomic E-state index is 11.6. The lowest BCUT2D eigenvalue weighted by molar-refractivity contribution is -0.140. The average Bonchev–Trinajstić information content (AvgIpc) is 2.69. The van der Waals surface area contributed by atoms with Gasteiger partial charge in [0.1, 0.15) is 0 Å². The number of hydrogen-bond acceptors (Lipinski definition) is 6. The highest BCUT2D eigenvalue weighted by molar-refractivity contribution is 7.86. The van der Waals surface area contributed by atoms with Crippen LogP contribution in [0.3, 0.4) is 0 Å². The number of ether oxygens (including phenoxy) is 1. The maximum atomic E-state index is 11.6. The molecule has 9 nitrogen and oxygen atoms in total. The Morgan fingerprint density at radius 3 is 1.97 bits per heavy atom. The van der Waals surface area contributed by atoms with E-state index in [0.717, 1.165) is 12.8 Å². The molecule has 0 spiro atoms. The van der Waals surface area contributed by atoms with Crippen LogP contribution in [-0.2, 0) is 29.2 Å². The van der Waals surface area contributed by atoms with Crippen LogP contribution >= 0.6 is 0 Å². The first-order valence-corrected chi connectivity index (χ1v) is 11.9. The zero-order chi connectivity index (χ0) is 25.6. The largest absolute Gasteiger partial charge is 0.462 e. The predicted octanol–water partition coefficient (Wildman–Crippen LogP) is 2.89. The van der Waals surface area contributed by atoms with E-state index in [4.69, 9.17) is 15.0 Å². The molecule has 0 bridgehead atoms. The van der Waals surface area contributed by atoms with Crippen molar-refractivity contribution >= 4 is 27.9 Å². The van der Waals surface area contributed by atoms with Gasteiger partial charge >= 0.3 is 5.97 Å². The normalized spacial score (nSPS) is 12.6. The highest BCUT2D eigenvalue weighted by Gasteiger charge is 2.29. The van der Waals surface area contributed by atoms with Crippen molar-refractivity contribution in [1.29, 1.82) is 0 Å². The number of carbonyl (C=O) groups excluding carboxylic acids is 3. The fraction of sp³-hybridized carbons (Fsp3) is 0.591. The lowest BCUT2D eigenvalue weighted by atomic mass is 10.0. The molecule has 184 valence electrons. The molecule has 4 N–H and O–H groups in total. The van der Waals surface area contributed by atoms with Gasteiger partial charge in [0.05, 0.1) is 6.61 Å². The molecular formula is C22H38N2O7S. The smallest absolute Gasteiger partial charge is 0.333 e. The van der Waals surface area contributed by atoms with Crippen molar-refractivity contribution in [2.24, 2.45) is 17.6 Å². The van der Waals surface area contributed by atoms with Crippen molar-refractivity contribution in [3.05, 3.63) is 36.5 Å². The van der Waals surface area contributed by atoms with Gasteiger partial charge in [-0.05, 0) is 25.2 Å². The lowest BCUT2D eigenvalue weighted by Crippen LogP contribution is -2.45. The molecule has 0 aromatic rings. The second-order valence-corrected chi connectivity index (χ2v) is 9.31. The number of primary amides is 1. The van der Waals surface area contributed by atoms with Gasteiger partial charge in [0.2, 0.25) is 5.91 Å². The molecule has 0 radical (unpaired) electrons. The third-order valence-electron chi connectivity index (χ3n) is 4.48. The summed E-state index contributed by atoms with van der Waals surface area (Å²) < 4.78 is 36.1. The van der Waals surface area contributed by atoms with Crippen LogP contribution < -0.4 is 11.1 Å². The second-order valence-electron chi connectivity index (χ2n) is 7.77. The Bertz CT molecular complexity index is 801. The monoisotopic (exact) mass is 474 g/mol. The molecule has 0 aliphatic heterocycles. The van der Waals surface area contributed by atoms with Crippen molar-refractivity contribution in [1.82, 2.24) is 5.32 Å². The summed E-state index contributed by atoms with van der Waals surface area (Å²) in [7, 11) is -4.46. The number of nitrogens with one attached hydrogen (secondary N) is 1. The molecule has 2 amide bonds. The van der Waals surface area contributed by atoms with Crippen molar-refractivity contribution in [2.75, 3.05) is 6.61 Å². The van der Waals surface area contributed by atoms with Gasteiger partial charge < -0.3 is 15.8 Å². The van der Waals surface area contributed by atoms with Crippen LogP contribution in [0.5, 0.6) is 0 Å². The Labute approximate surface area is 191 Å². The summed E-state index contributed by atoms with van der Waals surface area (Å²) in [6.45, 7) is 19.6. The summed E-state index contributed by atoms with van der Waals surface area (Å²) in [5.74, 6) is -2.20. The van der Waals surface area contributed by atoms with Gasteiger partial charge in [-0.15, -0.1) is 0 Å². The Morgan fingerprint density at radius 2 is 1.62 bits per heavy atom. The van der Waals surface area contributed by atoms with Crippen LogP contribution in [0.1, 0.15) is 60.3 Å². The minimum Gasteiger partial charge on any atom is -0.462 e. The Balaban J connectivity index is 0. The van der Waals surface area contributed by atoms with E-state index in [1.54, 1.807) is 6.92 Å².